The van der Waals surface area contributed by atoms with Gasteiger partial charge in [0.05, 0.1) is 15.2 Å². The number of carbonyl (C=O) groups excluding carboxylic acids is 1. The van der Waals surface area contributed by atoms with Crippen LogP contribution in [-0.4, -0.2) is 21.5 Å². The number of carbonyl (C=O) groups is 1. The van der Waals surface area contributed by atoms with E-state index in [1.54, 1.807) is 38.4 Å². The van der Waals surface area contributed by atoms with Crippen LogP contribution in [0.5, 0.6) is 0 Å². The number of hydrogen-bond donors (Lipinski definition) is 0. The zero-order valence-corrected chi connectivity index (χ0v) is 14.2. The maximum absolute atomic E-state index is 11.9. The molecule has 0 fully saturated rings. The number of aromatic nitrogens is 2. The van der Waals surface area contributed by atoms with E-state index in [4.69, 9.17) is 28.0 Å². The molecule has 0 aliphatic heterocycles. The van der Waals surface area contributed by atoms with Gasteiger partial charge in [-0.3, -0.25) is 4.68 Å². The van der Waals surface area contributed by atoms with Crippen LogP contribution in [-0.2, 0) is 11.9 Å². The third kappa shape index (κ3) is 3.84. The van der Waals surface area contributed by atoms with Crippen molar-refractivity contribution in [3.8, 4) is 0 Å². The second kappa shape index (κ2) is 6.60. The standard InChI is InChI=1S/C13H10BrCl2N3O2/c1-7(9-4-3-8(15)5-11(9)16)18-21-13(20)12-10(14)6-19(2)17-12/h3-6H,1-2H3. The molecule has 2 aromatic rings. The van der Waals surface area contributed by atoms with E-state index in [0.29, 0.717) is 25.8 Å². The fraction of sp³-hybridized carbons (Fsp3) is 0.154. The monoisotopic (exact) mass is 389 g/mol. The summed E-state index contributed by atoms with van der Waals surface area (Å²) in [5.41, 5.74) is 1.24. The zero-order chi connectivity index (χ0) is 15.6. The van der Waals surface area contributed by atoms with E-state index in [-0.39, 0.29) is 5.69 Å². The summed E-state index contributed by atoms with van der Waals surface area (Å²) in [6.45, 7) is 1.68. The molecule has 2 rings (SSSR count). The predicted octanol–water partition coefficient (Wildman–Crippen LogP) is 4.07. The predicted molar refractivity (Wildman–Crippen MR) is 85.0 cm³/mol. The molecule has 0 spiro atoms. The van der Waals surface area contributed by atoms with Gasteiger partial charge in [0.15, 0.2) is 5.69 Å². The van der Waals surface area contributed by atoms with Crippen LogP contribution >= 0.6 is 39.1 Å². The van der Waals surface area contributed by atoms with E-state index in [0.717, 1.165) is 0 Å². The number of benzene rings is 1. The van der Waals surface area contributed by atoms with Crippen molar-refractivity contribution in [2.75, 3.05) is 0 Å². The summed E-state index contributed by atoms with van der Waals surface area (Å²) < 4.78 is 2.03. The normalized spacial score (nSPS) is 11.6. The number of oxime groups is 1. The van der Waals surface area contributed by atoms with Crippen LogP contribution in [0.1, 0.15) is 23.0 Å². The van der Waals surface area contributed by atoms with Crippen molar-refractivity contribution in [3.63, 3.8) is 0 Å². The molecule has 0 bridgehead atoms. The molecule has 8 heteroatoms. The topological polar surface area (TPSA) is 56.5 Å². The lowest BCUT2D eigenvalue weighted by atomic mass is 10.1. The minimum Gasteiger partial charge on any atom is -0.311 e. The SMILES string of the molecule is CC(=NOC(=O)c1nn(C)cc1Br)c1ccc(Cl)cc1Cl. The highest BCUT2D eigenvalue weighted by atomic mass is 79.9. The summed E-state index contributed by atoms with van der Waals surface area (Å²) in [6.07, 6.45) is 1.64. The van der Waals surface area contributed by atoms with Crippen LogP contribution in [0.2, 0.25) is 10.0 Å². The maximum Gasteiger partial charge on any atom is 0.386 e. The van der Waals surface area contributed by atoms with Gasteiger partial charge in [-0.2, -0.15) is 5.10 Å². The highest BCUT2D eigenvalue weighted by molar-refractivity contribution is 9.10. The van der Waals surface area contributed by atoms with Crippen LogP contribution < -0.4 is 0 Å². The molecule has 1 heterocycles. The smallest absolute Gasteiger partial charge is 0.311 e. The summed E-state index contributed by atoms with van der Waals surface area (Å²) in [5.74, 6) is -0.660. The molecule has 0 atom stereocenters. The average Bonchev–Trinajstić information content (AvgIpc) is 2.74. The molecular weight excluding hydrogens is 381 g/mol. The van der Waals surface area contributed by atoms with E-state index in [1.807, 2.05) is 0 Å². The third-order valence-electron chi connectivity index (χ3n) is 2.56. The first-order valence-electron chi connectivity index (χ1n) is 5.79. The summed E-state index contributed by atoms with van der Waals surface area (Å²) in [5, 5.41) is 8.70. The molecule has 0 unspecified atom stereocenters. The number of halogens is 3. The Morgan fingerprint density at radius 2 is 2.14 bits per heavy atom. The van der Waals surface area contributed by atoms with Gasteiger partial charge in [-0.15, -0.1) is 0 Å². The van der Waals surface area contributed by atoms with Crippen molar-refractivity contribution >= 4 is 50.8 Å². The molecule has 0 saturated carbocycles. The quantitative estimate of drug-likeness (QED) is 0.451. The van der Waals surface area contributed by atoms with Gasteiger partial charge < -0.3 is 4.84 Å². The molecule has 0 saturated heterocycles. The van der Waals surface area contributed by atoms with Crippen LogP contribution in [0.3, 0.4) is 0 Å². The molecule has 0 amide bonds. The molecule has 1 aromatic heterocycles. The molecule has 21 heavy (non-hydrogen) atoms. The Labute approximate surface area is 139 Å². The zero-order valence-electron chi connectivity index (χ0n) is 11.1. The van der Waals surface area contributed by atoms with Gasteiger partial charge in [-0.1, -0.05) is 34.4 Å². The Hall–Kier alpha value is -1.37. The van der Waals surface area contributed by atoms with Gasteiger partial charge in [0, 0.05) is 23.8 Å². The van der Waals surface area contributed by atoms with Crippen molar-refractivity contribution in [3.05, 3.63) is 50.2 Å². The van der Waals surface area contributed by atoms with Gasteiger partial charge in [0.25, 0.3) is 0 Å². The second-order valence-electron chi connectivity index (χ2n) is 4.18. The third-order valence-corrected chi connectivity index (χ3v) is 3.69. The summed E-state index contributed by atoms with van der Waals surface area (Å²) >= 11 is 15.1. The number of aryl methyl sites for hydroxylation is 1. The Bertz CT molecular complexity index is 728. The van der Waals surface area contributed by atoms with E-state index in [1.165, 1.54) is 4.68 Å². The number of rotatable bonds is 3. The van der Waals surface area contributed by atoms with Gasteiger partial charge in [0.1, 0.15) is 0 Å². The van der Waals surface area contributed by atoms with Gasteiger partial charge in [-0.05, 0) is 35.0 Å². The van der Waals surface area contributed by atoms with Crippen molar-refractivity contribution < 1.29 is 9.63 Å². The van der Waals surface area contributed by atoms with Crippen LogP contribution in [0, 0.1) is 0 Å². The summed E-state index contributed by atoms with van der Waals surface area (Å²) in [7, 11) is 1.70. The molecule has 110 valence electrons. The first kappa shape index (κ1) is 16.0. The molecular formula is C13H10BrCl2N3O2. The fourth-order valence-corrected chi connectivity index (χ4v) is 2.67. The van der Waals surface area contributed by atoms with Gasteiger partial charge >= 0.3 is 5.97 Å². The minimum absolute atomic E-state index is 0.149. The van der Waals surface area contributed by atoms with Gasteiger partial charge in [0.2, 0.25) is 0 Å². The molecule has 0 aliphatic carbocycles. The first-order valence-corrected chi connectivity index (χ1v) is 7.34. The van der Waals surface area contributed by atoms with Crippen molar-refractivity contribution in [2.45, 2.75) is 6.92 Å². The highest BCUT2D eigenvalue weighted by Gasteiger charge is 2.16. The van der Waals surface area contributed by atoms with Crippen LogP contribution in [0.15, 0.2) is 34.0 Å². The Morgan fingerprint density at radius 3 is 2.71 bits per heavy atom. The lowest BCUT2D eigenvalue weighted by molar-refractivity contribution is 0.0507. The van der Waals surface area contributed by atoms with Crippen molar-refractivity contribution in [1.82, 2.24) is 9.78 Å². The lowest BCUT2D eigenvalue weighted by Gasteiger charge is -2.03. The lowest BCUT2D eigenvalue weighted by Crippen LogP contribution is -2.06. The van der Waals surface area contributed by atoms with Crippen molar-refractivity contribution in [2.24, 2.45) is 12.2 Å². The summed E-state index contributed by atoms with van der Waals surface area (Å²) in [4.78, 5) is 16.7. The summed E-state index contributed by atoms with van der Waals surface area (Å²) in [6, 6.07) is 4.97. The Balaban J connectivity index is 2.17. The molecule has 0 radical (unpaired) electrons. The second-order valence-corrected chi connectivity index (χ2v) is 5.88. The first-order chi connectivity index (χ1) is 9.88. The van der Waals surface area contributed by atoms with E-state index in [9.17, 15) is 4.79 Å². The van der Waals surface area contributed by atoms with E-state index in [2.05, 4.69) is 26.2 Å². The largest absolute Gasteiger partial charge is 0.386 e. The highest BCUT2D eigenvalue weighted by Crippen LogP contribution is 2.22. The maximum atomic E-state index is 11.9. The fourth-order valence-electron chi connectivity index (χ4n) is 1.58. The van der Waals surface area contributed by atoms with Crippen LogP contribution in [0.4, 0.5) is 0 Å². The minimum atomic E-state index is -0.660. The Morgan fingerprint density at radius 1 is 1.43 bits per heavy atom. The Kier molecular flexibility index (Phi) is 5.03. The molecule has 0 N–H and O–H groups in total. The van der Waals surface area contributed by atoms with Crippen LogP contribution in [0.25, 0.3) is 0 Å². The molecule has 1 aromatic carbocycles. The average molecular weight is 391 g/mol. The van der Waals surface area contributed by atoms with Crippen molar-refractivity contribution in [1.29, 1.82) is 0 Å². The molecule has 0 aliphatic rings. The van der Waals surface area contributed by atoms with E-state index < -0.39 is 5.97 Å². The number of hydrogen-bond acceptors (Lipinski definition) is 4. The van der Waals surface area contributed by atoms with Gasteiger partial charge in [-0.25, -0.2) is 4.79 Å². The number of nitrogens with zero attached hydrogens (tertiary/aromatic N) is 3. The van der Waals surface area contributed by atoms with E-state index >= 15 is 0 Å². The molecule has 5 nitrogen and oxygen atoms in total.